The van der Waals surface area contributed by atoms with Gasteiger partial charge in [-0.15, -0.1) is 0 Å². The molecule has 1 saturated heterocycles. The van der Waals surface area contributed by atoms with Gasteiger partial charge in [0.05, 0.1) is 7.11 Å². The Morgan fingerprint density at radius 3 is 2.64 bits per heavy atom. The number of hydrogen-bond acceptors (Lipinski definition) is 7. The Labute approximate surface area is 145 Å². The summed E-state index contributed by atoms with van der Waals surface area (Å²) in [6, 6.07) is 3.62. The Kier molecular flexibility index (Phi) is 4.03. The molecule has 1 aliphatic heterocycles. The van der Waals surface area contributed by atoms with E-state index in [0.29, 0.717) is 49.5 Å². The maximum absolute atomic E-state index is 12.6. The maximum atomic E-state index is 12.6. The molecule has 8 heteroatoms. The van der Waals surface area contributed by atoms with Gasteiger partial charge in [0, 0.05) is 44.2 Å². The Balaban J connectivity index is 1.40. The van der Waals surface area contributed by atoms with Crippen molar-refractivity contribution in [1.82, 2.24) is 20.0 Å². The van der Waals surface area contributed by atoms with Gasteiger partial charge in [-0.25, -0.2) is 4.98 Å². The lowest BCUT2D eigenvalue weighted by atomic mass is 10.2. The average Bonchev–Trinajstić information content (AvgIpc) is 3.37. The van der Waals surface area contributed by atoms with Crippen molar-refractivity contribution in [2.45, 2.75) is 25.7 Å². The molecule has 2 aromatic rings. The normalized spacial score (nSPS) is 17.7. The van der Waals surface area contributed by atoms with Crippen LogP contribution in [0.4, 0.5) is 5.82 Å². The topological polar surface area (TPSA) is 84.6 Å². The Bertz CT molecular complexity index is 778. The molecule has 2 fully saturated rings. The number of ether oxygens (including phenoxy) is 1. The van der Waals surface area contributed by atoms with Crippen molar-refractivity contribution in [3.05, 3.63) is 29.4 Å². The lowest BCUT2D eigenvalue weighted by Crippen LogP contribution is -2.49. The smallest absolute Gasteiger partial charge is 0.276 e. The summed E-state index contributed by atoms with van der Waals surface area (Å²) in [6.45, 7) is 4.50. The van der Waals surface area contributed by atoms with Gasteiger partial charge in [0.2, 0.25) is 5.88 Å². The molecule has 1 aliphatic carbocycles. The quantitative estimate of drug-likeness (QED) is 0.834. The number of aryl methyl sites for hydroxylation is 1. The van der Waals surface area contributed by atoms with Gasteiger partial charge in [-0.3, -0.25) is 4.79 Å². The molecule has 4 rings (SSSR count). The summed E-state index contributed by atoms with van der Waals surface area (Å²) in [4.78, 5) is 25.2. The van der Waals surface area contributed by atoms with E-state index in [-0.39, 0.29) is 5.91 Å². The van der Waals surface area contributed by atoms with Gasteiger partial charge in [0.25, 0.3) is 5.91 Å². The molecule has 0 atom stereocenters. The molecule has 8 nitrogen and oxygen atoms in total. The number of aromatic nitrogens is 3. The van der Waals surface area contributed by atoms with Gasteiger partial charge in [-0.1, -0.05) is 5.16 Å². The van der Waals surface area contributed by atoms with Crippen molar-refractivity contribution in [2.24, 2.45) is 0 Å². The van der Waals surface area contributed by atoms with Gasteiger partial charge in [-0.2, -0.15) is 4.98 Å². The number of piperazine rings is 1. The van der Waals surface area contributed by atoms with Gasteiger partial charge in [0.1, 0.15) is 17.4 Å². The molecule has 0 unspecified atom stereocenters. The lowest BCUT2D eigenvalue weighted by Gasteiger charge is -2.35. The molecule has 0 radical (unpaired) electrons. The fourth-order valence-electron chi connectivity index (χ4n) is 3.04. The molecule has 1 amide bonds. The summed E-state index contributed by atoms with van der Waals surface area (Å²) in [5.74, 6) is 3.28. The van der Waals surface area contributed by atoms with E-state index in [9.17, 15) is 4.79 Å². The fourth-order valence-corrected chi connectivity index (χ4v) is 3.04. The molecule has 0 aromatic carbocycles. The van der Waals surface area contributed by atoms with Crippen LogP contribution in [0.1, 0.15) is 40.8 Å². The molecule has 0 spiro atoms. The van der Waals surface area contributed by atoms with Crippen LogP contribution in [-0.4, -0.2) is 59.2 Å². The highest BCUT2D eigenvalue weighted by Crippen LogP contribution is 2.40. The standard InChI is InChI=1S/C17H21N5O3/c1-11-18-15(10-16(19-11)24-2)21-5-7-22(8-6-21)17(23)13-9-14(25-20-13)12-3-4-12/h9-10,12H,3-8H2,1-2H3. The predicted octanol–water partition coefficient (Wildman–Crippen LogP) is 1.62. The Hall–Kier alpha value is -2.64. The summed E-state index contributed by atoms with van der Waals surface area (Å²) in [5, 5.41) is 3.95. The zero-order chi connectivity index (χ0) is 17.4. The molecule has 1 saturated carbocycles. The van der Waals surface area contributed by atoms with Crippen LogP contribution >= 0.6 is 0 Å². The van der Waals surface area contributed by atoms with Crippen molar-refractivity contribution >= 4 is 11.7 Å². The van der Waals surface area contributed by atoms with Crippen molar-refractivity contribution in [3.8, 4) is 5.88 Å². The van der Waals surface area contributed by atoms with Crippen LogP contribution in [-0.2, 0) is 0 Å². The Morgan fingerprint density at radius 1 is 1.20 bits per heavy atom. The monoisotopic (exact) mass is 343 g/mol. The van der Waals surface area contributed by atoms with Gasteiger partial charge >= 0.3 is 0 Å². The lowest BCUT2D eigenvalue weighted by molar-refractivity contribution is 0.0736. The highest BCUT2D eigenvalue weighted by atomic mass is 16.5. The van der Waals surface area contributed by atoms with Crippen LogP contribution in [0.15, 0.2) is 16.7 Å². The number of rotatable bonds is 4. The highest BCUT2D eigenvalue weighted by molar-refractivity contribution is 5.92. The predicted molar refractivity (Wildman–Crippen MR) is 89.9 cm³/mol. The third-order valence-electron chi connectivity index (χ3n) is 4.63. The van der Waals surface area contributed by atoms with Crippen molar-refractivity contribution < 1.29 is 14.1 Å². The van der Waals surface area contributed by atoms with E-state index >= 15 is 0 Å². The van der Waals surface area contributed by atoms with E-state index in [0.717, 1.165) is 24.4 Å². The van der Waals surface area contributed by atoms with E-state index in [2.05, 4.69) is 20.0 Å². The molecule has 3 heterocycles. The number of nitrogens with zero attached hydrogens (tertiary/aromatic N) is 5. The first-order chi connectivity index (χ1) is 12.1. The summed E-state index contributed by atoms with van der Waals surface area (Å²) in [5.41, 5.74) is 0.412. The average molecular weight is 343 g/mol. The molecule has 0 N–H and O–H groups in total. The summed E-state index contributed by atoms with van der Waals surface area (Å²) in [7, 11) is 1.59. The van der Waals surface area contributed by atoms with Crippen molar-refractivity contribution in [2.75, 3.05) is 38.2 Å². The number of hydrogen-bond donors (Lipinski definition) is 0. The SMILES string of the molecule is COc1cc(N2CCN(C(=O)c3cc(C4CC4)on3)CC2)nc(C)n1. The molecule has 132 valence electrons. The minimum atomic E-state index is -0.0632. The van der Waals surface area contributed by atoms with Crippen LogP contribution in [0.25, 0.3) is 0 Å². The summed E-state index contributed by atoms with van der Waals surface area (Å²) in [6.07, 6.45) is 2.26. The molecule has 25 heavy (non-hydrogen) atoms. The van der Waals surface area contributed by atoms with Gasteiger partial charge in [-0.05, 0) is 19.8 Å². The van der Waals surface area contributed by atoms with Crippen LogP contribution in [0, 0.1) is 6.92 Å². The number of carbonyl (C=O) groups is 1. The van der Waals surface area contributed by atoms with Crippen LogP contribution in [0.5, 0.6) is 5.88 Å². The van der Waals surface area contributed by atoms with Crippen molar-refractivity contribution in [3.63, 3.8) is 0 Å². The first-order valence-electron chi connectivity index (χ1n) is 8.54. The molecule has 0 bridgehead atoms. The third-order valence-corrected chi connectivity index (χ3v) is 4.63. The molecular formula is C17H21N5O3. The zero-order valence-electron chi connectivity index (χ0n) is 14.4. The minimum absolute atomic E-state index is 0.0632. The maximum Gasteiger partial charge on any atom is 0.276 e. The van der Waals surface area contributed by atoms with E-state index in [1.54, 1.807) is 13.2 Å². The second-order valence-corrected chi connectivity index (χ2v) is 6.48. The number of carbonyl (C=O) groups excluding carboxylic acids is 1. The summed E-state index contributed by atoms with van der Waals surface area (Å²) < 4.78 is 10.5. The van der Waals surface area contributed by atoms with Crippen LogP contribution in [0.2, 0.25) is 0 Å². The van der Waals surface area contributed by atoms with E-state index in [4.69, 9.17) is 9.26 Å². The largest absolute Gasteiger partial charge is 0.481 e. The minimum Gasteiger partial charge on any atom is -0.481 e. The number of amides is 1. The summed E-state index contributed by atoms with van der Waals surface area (Å²) >= 11 is 0. The number of methoxy groups -OCH3 is 1. The van der Waals surface area contributed by atoms with Gasteiger partial charge < -0.3 is 19.1 Å². The van der Waals surface area contributed by atoms with Gasteiger partial charge in [0.15, 0.2) is 5.69 Å². The Morgan fingerprint density at radius 2 is 1.96 bits per heavy atom. The van der Waals surface area contributed by atoms with Crippen molar-refractivity contribution in [1.29, 1.82) is 0 Å². The first-order valence-corrected chi connectivity index (χ1v) is 8.54. The van der Waals surface area contributed by atoms with E-state index < -0.39 is 0 Å². The number of anilines is 1. The molecular weight excluding hydrogens is 322 g/mol. The first kappa shape index (κ1) is 15.9. The second kappa shape index (κ2) is 6.34. The fraction of sp³-hybridized carbons (Fsp3) is 0.529. The van der Waals surface area contributed by atoms with Crippen LogP contribution < -0.4 is 9.64 Å². The van der Waals surface area contributed by atoms with Crippen LogP contribution in [0.3, 0.4) is 0 Å². The molecule has 2 aliphatic rings. The van der Waals surface area contributed by atoms with E-state index in [1.807, 2.05) is 17.9 Å². The zero-order valence-corrected chi connectivity index (χ0v) is 14.4. The second-order valence-electron chi connectivity index (χ2n) is 6.48. The third kappa shape index (κ3) is 3.29. The molecule has 2 aromatic heterocycles. The highest BCUT2D eigenvalue weighted by Gasteiger charge is 2.30. The van der Waals surface area contributed by atoms with E-state index in [1.165, 1.54) is 0 Å².